The molecule has 4 heteroatoms. The molecule has 0 amide bonds. The number of aliphatic hydroxyl groups is 2. The number of fused-ring (bicyclic) bond motifs is 1. The van der Waals surface area contributed by atoms with Crippen LogP contribution in [0.25, 0.3) is 0 Å². The van der Waals surface area contributed by atoms with Gasteiger partial charge in [-0.3, -0.25) is 4.79 Å². The van der Waals surface area contributed by atoms with Gasteiger partial charge in [0.15, 0.2) is 0 Å². The first-order valence-corrected chi connectivity index (χ1v) is 10.4. The van der Waals surface area contributed by atoms with Gasteiger partial charge in [0, 0.05) is 6.42 Å². The molecule has 1 aromatic carbocycles. The van der Waals surface area contributed by atoms with Gasteiger partial charge in [-0.15, -0.1) is 0 Å². The van der Waals surface area contributed by atoms with Gasteiger partial charge in [0.25, 0.3) is 0 Å². The van der Waals surface area contributed by atoms with Crippen molar-refractivity contribution in [2.24, 2.45) is 11.8 Å². The molecule has 1 aliphatic carbocycles. The Labute approximate surface area is 162 Å². The van der Waals surface area contributed by atoms with Crippen molar-refractivity contribution in [2.45, 2.75) is 76.1 Å². The van der Waals surface area contributed by atoms with Crippen LogP contribution in [0.3, 0.4) is 0 Å². The molecule has 148 valence electrons. The van der Waals surface area contributed by atoms with Gasteiger partial charge in [-0.1, -0.05) is 42.5 Å². The van der Waals surface area contributed by atoms with Gasteiger partial charge in [0.1, 0.15) is 6.10 Å². The highest BCUT2D eigenvalue weighted by atomic mass is 16.5. The Hall–Kier alpha value is -1.65. The van der Waals surface area contributed by atoms with Crippen LogP contribution in [0.1, 0.15) is 56.9 Å². The van der Waals surface area contributed by atoms with Crippen molar-refractivity contribution in [3.05, 3.63) is 48.0 Å². The summed E-state index contributed by atoms with van der Waals surface area (Å²) in [6.07, 6.45) is 9.70. The Morgan fingerprint density at radius 3 is 2.59 bits per heavy atom. The highest BCUT2D eigenvalue weighted by molar-refractivity contribution is 5.69. The number of allylic oxidation sites excluding steroid dienone is 2. The number of carbonyl (C=O) groups excluding carboxylic acids is 1. The van der Waals surface area contributed by atoms with Gasteiger partial charge in [0.2, 0.25) is 0 Å². The molecule has 0 radical (unpaired) electrons. The van der Waals surface area contributed by atoms with Gasteiger partial charge in [-0.2, -0.15) is 0 Å². The maximum absolute atomic E-state index is 12.2. The normalized spacial score (nSPS) is 33.9. The molecule has 2 aliphatic rings. The van der Waals surface area contributed by atoms with Gasteiger partial charge in [0.05, 0.1) is 12.2 Å². The summed E-state index contributed by atoms with van der Waals surface area (Å²) < 4.78 is 5.79. The number of benzene rings is 1. The molecule has 1 aliphatic heterocycles. The lowest BCUT2D eigenvalue weighted by Gasteiger charge is -2.25. The summed E-state index contributed by atoms with van der Waals surface area (Å²) in [6.45, 7) is 0. The molecule has 2 N–H and O–H groups in total. The fourth-order valence-corrected chi connectivity index (χ4v) is 4.50. The highest BCUT2D eigenvalue weighted by Crippen LogP contribution is 2.39. The van der Waals surface area contributed by atoms with Crippen LogP contribution < -0.4 is 0 Å². The largest absolute Gasteiger partial charge is 0.462 e. The van der Waals surface area contributed by atoms with E-state index >= 15 is 0 Å². The Morgan fingerprint density at radius 1 is 1.00 bits per heavy atom. The lowest BCUT2D eigenvalue weighted by Crippen LogP contribution is -2.25. The molecule has 0 saturated heterocycles. The molecular weight excluding hydrogens is 340 g/mol. The summed E-state index contributed by atoms with van der Waals surface area (Å²) >= 11 is 0. The van der Waals surface area contributed by atoms with Crippen molar-refractivity contribution < 1.29 is 19.7 Å². The van der Waals surface area contributed by atoms with Gasteiger partial charge in [-0.05, 0) is 68.8 Å². The van der Waals surface area contributed by atoms with E-state index in [1.807, 2.05) is 18.2 Å². The van der Waals surface area contributed by atoms with Crippen LogP contribution in [0.15, 0.2) is 42.5 Å². The van der Waals surface area contributed by atoms with Crippen LogP contribution in [-0.2, 0) is 16.0 Å². The number of ether oxygens (including phenoxy) is 1. The molecule has 5 atom stereocenters. The van der Waals surface area contributed by atoms with E-state index in [9.17, 15) is 15.0 Å². The van der Waals surface area contributed by atoms with E-state index < -0.39 is 12.2 Å². The second-order valence-corrected chi connectivity index (χ2v) is 8.01. The van der Waals surface area contributed by atoms with Crippen LogP contribution in [0.5, 0.6) is 0 Å². The fourth-order valence-electron chi connectivity index (χ4n) is 4.50. The molecule has 1 fully saturated rings. The number of aryl methyl sites for hydroxylation is 1. The molecule has 27 heavy (non-hydrogen) atoms. The first kappa shape index (κ1) is 20.1. The Bertz CT molecular complexity index is 612. The standard InChI is InChI=1S/C23H32O4/c24-21-16-22(25)20-15-14-18(13-12-17-8-4-3-5-9-17)27-23(26)11-7-2-1-6-10-19(20)21/h1,3-6,8-9,18-22,24-25H,2,7,10-16H2/b6-1-/t18-,19-,20?,21+,22-/m1/s1. The number of aliphatic hydroxyl groups excluding tert-OH is 2. The van der Waals surface area contributed by atoms with E-state index in [2.05, 4.69) is 24.3 Å². The lowest BCUT2D eigenvalue weighted by atomic mass is 9.85. The number of rotatable bonds is 3. The van der Waals surface area contributed by atoms with Crippen molar-refractivity contribution in [3.8, 4) is 0 Å². The number of carbonyl (C=O) groups is 1. The van der Waals surface area contributed by atoms with Crippen molar-refractivity contribution >= 4 is 5.97 Å². The van der Waals surface area contributed by atoms with E-state index in [0.717, 1.165) is 44.9 Å². The zero-order chi connectivity index (χ0) is 19.1. The van der Waals surface area contributed by atoms with Crippen LogP contribution in [0, 0.1) is 11.8 Å². The number of esters is 1. The molecule has 1 unspecified atom stereocenters. The molecule has 1 heterocycles. The topological polar surface area (TPSA) is 66.8 Å². The van der Waals surface area contributed by atoms with E-state index in [4.69, 9.17) is 4.74 Å². The second kappa shape index (κ2) is 10.0. The zero-order valence-corrected chi connectivity index (χ0v) is 16.0. The maximum Gasteiger partial charge on any atom is 0.306 e. The summed E-state index contributed by atoms with van der Waals surface area (Å²) in [5.41, 5.74) is 1.25. The fraction of sp³-hybridized carbons (Fsp3) is 0.609. The van der Waals surface area contributed by atoms with E-state index in [0.29, 0.717) is 12.8 Å². The quantitative estimate of drug-likeness (QED) is 0.626. The minimum Gasteiger partial charge on any atom is -0.462 e. The Morgan fingerprint density at radius 2 is 1.78 bits per heavy atom. The number of hydrogen-bond acceptors (Lipinski definition) is 4. The summed E-state index contributed by atoms with van der Waals surface area (Å²) in [6, 6.07) is 10.3. The molecule has 0 spiro atoms. The average Bonchev–Trinajstić information content (AvgIpc) is 2.94. The van der Waals surface area contributed by atoms with E-state index in [-0.39, 0.29) is 23.9 Å². The van der Waals surface area contributed by atoms with E-state index in [1.54, 1.807) is 0 Å². The smallest absolute Gasteiger partial charge is 0.306 e. The van der Waals surface area contributed by atoms with Crippen molar-refractivity contribution in [3.63, 3.8) is 0 Å². The highest BCUT2D eigenvalue weighted by Gasteiger charge is 2.40. The van der Waals surface area contributed by atoms with Crippen molar-refractivity contribution in [1.29, 1.82) is 0 Å². The maximum atomic E-state index is 12.2. The number of hydrogen-bond donors (Lipinski definition) is 2. The lowest BCUT2D eigenvalue weighted by molar-refractivity contribution is -0.150. The summed E-state index contributed by atoms with van der Waals surface area (Å²) in [4.78, 5) is 12.2. The predicted octanol–water partition coefficient (Wildman–Crippen LogP) is 3.80. The van der Waals surface area contributed by atoms with Crippen molar-refractivity contribution in [1.82, 2.24) is 0 Å². The zero-order valence-electron chi connectivity index (χ0n) is 16.0. The van der Waals surface area contributed by atoms with Crippen molar-refractivity contribution in [2.75, 3.05) is 0 Å². The van der Waals surface area contributed by atoms with Crippen LogP contribution in [-0.4, -0.2) is 34.5 Å². The van der Waals surface area contributed by atoms with Crippen LogP contribution in [0.4, 0.5) is 0 Å². The minimum atomic E-state index is -0.464. The first-order valence-electron chi connectivity index (χ1n) is 10.4. The third-order valence-corrected chi connectivity index (χ3v) is 6.07. The molecule has 0 aromatic heterocycles. The monoisotopic (exact) mass is 372 g/mol. The van der Waals surface area contributed by atoms with Crippen LogP contribution >= 0.6 is 0 Å². The Kier molecular flexibility index (Phi) is 7.48. The summed E-state index contributed by atoms with van der Waals surface area (Å²) in [7, 11) is 0. The molecule has 0 bridgehead atoms. The Balaban J connectivity index is 1.66. The number of cyclic esters (lactones) is 1. The first-order chi connectivity index (χ1) is 13.1. The molecular formula is C23H32O4. The van der Waals surface area contributed by atoms with Gasteiger partial charge >= 0.3 is 5.97 Å². The molecule has 4 nitrogen and oxygen atoms in total. The van der Waals surface area contributed by atoms with Gasteiger partial charge in [-0.25, -0.2) is 0 Å². The molecule has 1 saturated carbocycles. The van der Waals surface area contributed by atoms with E-state index in [1.165, 1.54) is 5.56 Å². The van der Waals surface area contributed by atoms with Crippen LogP contribution in [0.2, 0.25) is 0 Å². The predicted molar refractivity (Wildman–Crippen MR) is 105 cm³/mol. The molecule has 1 aromatic rings. The summed E-state index contributed by atoms with van der Waals surface area (Å²) in [5, 5.41) is 20.7. The molecule has 3 rings (SSSR count). The third-order valence-electron chi connectivity index (χ3n) is 6.07. The van der Waals surface area contributed by atoms with Gasteiger partial charge < -0.3 is 14.9 Å². The SMILES string of the molecule is O=C1CCC/C=C\C[C@@H]2C(CC[C@@H](CCc3ccccc3)O1)[C@H](O)C[C@@H]2O. The minimum absolute atomic E-state index is 0.0725. The third kappa shape index (κ3) is 5.91. The average molecular weight is 373 g/mol. The summed E-state index contributed by atoms with van der Waals surface area (Å²) in [5.74, 6) is 0.0510. The second-order valence-electron chi connectivity index (χ2n) is 8.01.